The van der Waals surface area contributed by atoms with Crippen LogP contribution in [0.1, 0.15) is 10.4 Å². The number of rotatable bonds is 2. The number of amides is 1. The summed E-state index contributed by atoms with van der Waals surface area (Å²) in [7, 11) is 0. The summed E-state index contributed by atoms with van der Waals surface area (Å²) in [5.41, 5.74) is 5.79. The predicted molar refractivity (Wildman–Crippen MR) is 75.9 cm³/mol. The van der Waals surface area contributed by atoms with Gasteiger partial charge in [-0.25, -0.2) is 9.37 Å². The third-order valence-corrected chi connectivity index (χ3v) is 3.98. The van der Waals surface area contributed by atoms with Gasteiger partial charge < -0.3 is 5.73 Å². The Morgan fingerprint density at radius 2 is 1.89 bits per heavy atom. The molecule has 1 aromatic heterocycles. The van der Waals surface area contributed by atoms with Crippen LogP contribution in [0.2, 0.25) is 10.3 Å². The van der Waals surface area contributed by atoms with Gasteiger partial charge in [0.15, 0.2) is 11.0 Å². The van der Waals surface area contributed by atoms with E-state index in [2.05, 4.69) is 20.9 Å². The maximum atomic E-state index is 14.1. The van der Waals surface area contributed by atoms with Crippen LogP contribution in [-0.4, -0.2) is 10.9 Å². The number of carbonyl (C=O) groups is 1. The molecule has 0 bridgehead atoms. The monoisotopic (exact) mass is 362 g/mol. The van der Waals surface area contributed by atoms with Gasteiger partial charge in [0.1, 0.15) is 5.15 Å². The van der Waals surface area contributed by atoms with Gasteiger partial charge in [-0.05, 0) is 27.6 Å². The van der Waals surface area contributed by atoms with Crippen molar-refractivity contribution in [1.29, 1.82) is 0 Å². The van der Waals surface area contributed by atoms with E-state index in [1.807, 2.05) is 0 Å². The molecule has 1 heterocycles. The van der Waals surface area contributed by atoms with Crippen LogP contribution in [0.5, 0.6) is 0 Å². The predicted octanol–water partition coefficient (Wildman–Crippen LogP) is 4.06. The lowest BCUT2D eigenvalue weighted by Crippen LogP contribution is -2.12. The van der Waals surface area contributed by atoms with Gasteiger partial charge in [0.05, 0.1) is 4.47 Å². The fourth-order valence-electron chi connectivity index (χ4n) is 1.64. The van der Waals surface area contributed by atoms with Gasteiger partial charge in [-0.1, -0.05) is 41.4 Å². The number of carbonyl (C=O) groups excluding carboxylic acids is 1. The fourth-order valence-corrected chi connectivity index (χ4v) is 2.52. The highest BCUT2D eigenvalue weighted by atomic mass is 79.9. The summed E-state index contributed by atoms with van der Waals surface area (Å²) in [5, 5.41) is -0.372. The van der Waals surface area contributed by atoms with Crippen LogP contribution in [-0.2, 0) is 0 Å². The second-order valence-electron chi connectivity index (χ2n) is 3.61. The van der Waals surface area contributed by atoms with Crippen LogP contribution in [0.4, 0.5) is 4.39 Å². The average molecular weight is 364 g/mol. The summed E-state index contributed by atoms with van der Waals surface area (Å²) in [6.45, 7) is 0. The summed E-state index contributed by atoms with van der Waals surface area (Å²) in [5.74, 6) is -1.45. The molecule has 0 unspecified atom stereocenters. The zero-order valence-electron chi connectivity index (χ0n) is 9.25. The van der Waals surface area contributed by atoms with E-state index in [-0.39, 0.29) is 25.9 Å². The maximum Gasteiger partial charge on any atom is 0.249 e. The molecule has 0 fully saturated rings. The second-order valence-corrected chi connectivity index (χ2v) is 5.12. The Morgan fingerprint density at radius 3 is 2.53 bits per heavy atom. The van der Waals surface area contributed by atoms with E-state index >= 15 is 0 Å². The topological polar surface area (TPSA) is 56.0 Å². The maximum absolute atomic E-state index is 14.1. The lowest BCUT2D eigenvalue weighted by atomic mass is 10.00. The number of benzene rings is 1. The number of primary amides is 1. The number of pyridine rings is 1. The molecular formula is C12H6BrCl2FN2O. The third-order valence-electron chi connectivity index (χ3n) is 2.46. The molecule has 0 saturated heterocycles. The minimum atomic E-state index is -0.772. The van der Waals surface area contributed by atoms with E-state index < -0.39 is 11.7 Å². The molecule has 19 heavy (non-hydrogen) atoms. The highest BCUT2D eigenvalue weighted by Crippen LogP contribution is 2.38. The van der Waals surface area contributed by atoms with Gasteiger partial charge in [-0.15, -0.1) is 0 Å². The first-order chi connectivity index (χ1) is 8.93. The number of halogens is 4. The van der Waals surface area contributed by atoms with E-state index in [1.54, 1.807) is 18.2 Å². The summed E-state index contributed by atoms with van der Waals surface area (Å²) >= 11 is 14.7. The molecule has 2 N–H and O–H groups in total. The van der Waals surface area contributed by atoms with Gasteiger partial charge in [-0.3, -0.25) is 4.79 Å². The molecule has 1 amide bonds. The van der Waals surface area contributed by atoms with Gasteiger partial charge in [0.25, 0.3) is 0 Å². The van der Waals surface area contributed by atoms with Crippen LogP contribution >= 0.6 is 39.1 Å². The standard InChI is InChI=1S/C12H6BrCl2FN2O/c13-8-7(9(16)11(15)18-10(8)14)5-3-1-2-4-6(5)12(17)19/h1-4H,(H2,17,19). The van der Waals surface area contributed by atoms with Crippen molar-refractivity contribution in [2.75, 3.05) is 0 Å². The van der Waals surface area contributed by atoms with Crippen LogP contribution in [0.15, 0.2) is 28.7 Å². The first-order valence-corrected chi connectivity index (χ1v) is 6.57. The van der Waals surface area contributed by atoms with E-state index in [0.29, 0.717) is 5.56 Å². The highest BCUT2D eigenvalue weighted by molar-refractivity contribution is 9.10. The number of aromatic nitrogens is 1. The van der Waals surface area contributed by atoms with Gasteiger partial charge >= 0.3 is 0 Å². The minimum absolute atomic E-state index is 0.000624. The molecule has 2 aromatic rings. The number of hydrogen-bond donors (Lipinski definition) is 1. The Kier molecular flexibility index (Phi) is 4.08. The molecule has 0 aliphatic carbocycles. The first-order valence-electron chi connectivity index (χ1n) is 5.02. The van der Waals surface area contributed by atoms with E-state index in [0.717, 1.165) is 0 Å². The molecule has 0 atom stereocenters. The van der Waals surface area contributed by atoms with Crippen LogP contribution in [0.25, 0.3) is 11.1 Å². The van der Waals surface area contributed by atoms with Crippen LogP contribution in [0.3, 0.4) is 0 Å². The molecule has 0 aliphatic rings. The summed E-state index contributed by atoms with van der Waals surface area (Å²) in [6, 6.07) is 6.32. The number of nitrogens with zero attached hydrogens (tertiary/aromatic N) is 1. The zero-order valence-corrected chi connectivity index (χ0v) is 12.4. The summed E-state index contributed by atoms with van der Waals surface area (Å²) in [4.78, 5) is 15.0. The largest absolute Gasteiger partial charge is 0.366 e. The van der Waals surface area contributed by atoms with Gasteiger partial charge in [0, 0.05) is 11.1 Å². The van der Waals surface area contributed by atoms with Gasteiger partial charge in [0.2, 0.25) is 5.91 Å². The molecule has 0 saturated carbocycles. The molecule has 2 rings (SSSR count). The van der Waals surface area contributed by atoms with Crippen molar-refractivity contribution in [3.8, 4) is 11.1 Å². The number of hydrogen-bond acceptors (Lipinski definition) is 2. The van der Waals surface area contributed by atoms with Crippen LogP contribution < -0.4 is 5.73 Å². The van der Waals surface area contributed by atoms with E-state index in [1.165, 1.54) is 6.07 Å². The minimum Gasteiger partial charge on any atom is -0.366 e. The summed E-state index contributed by atoms with van der Waals surface area (Å²) in [6.07, 6.45) is 0. The van der Waals surface area contributed by atoms with Crippen molar-refractivity contribution in [3.63, 3.8) is 0 Å². The Bertz CT molecular complexity index is 653. The van der Waals surface area contributed by atoms with E-state index in [4.69, 9.17) is 28.9 Å². The molecule has 0 radical (unpaired) electrons. The lowest BCUT2D eigenvalue weighted by molar-refractivity contribution is 0.100. The number of nitrogens with two attached hydrogens (primary N) is 1. The zero-order chi connectivity index (χ0) is 14.2. The third kappa shape index (κ3) is 2.59. The van der Waals surface area contributed by atoms with Crippen molar-refractivity contribution in [1.82, 2.24) is 4.98 Å². The SMILES string of the molecule is NC(=O)c1ccccc1-c1c(F)c(Cl)nc(Cl)c1Br. The average Bonchev–Trinajstić information content (AvgIpc) is 2.37. The van der Waals surface area contributed by atoms with Crippen LogP contribution in [0, 0.1) is 5.82 Å². The lowest BCUT2D eigenvalue weighted by Gasteiger charge is -2.11. The van der Waals surface area contributed by atoms with Crippen molar-refractivity contribution < 1.29 is 9.18 Å². The Balaban J connectivity index is 2.83. The molecule has 1 aromatic carbocycles. The van der Waals surface area contributed by atoms with Gasteiger partial charge in [-0.2, -0.15) is 0 Å². The van der Waals surface area contributed by atoms with E-state index in [9.17, 15) is 9.18 Å². The normalized spacial score (nSPS) is 10.5. The molecule has 0 aliphatic heterocycles. The van der Waals surface area contributed by atoms with Crippen molar-refractivity contribution in [2.45, 2.75) is 0 Å². The first kappa shape index (κ1) is 14.2. The quantitative estimate of drug-likeness (QED) is 0.818. The molecule has 98 valence electrons. The van der Waals surface area contributed by atoms with Crippen molar-refractivity contribution in [2.24, 2.45) is 5.73 Å². The summed E-state index contributed by atoms with van der Waals surface area (Å²) < 4.78 is 14.3. The molecule has 7 heteroatoms. The smallest absolute Gasteiger partial charge is 0.249 e. The molecule has 3 nitrogen and oxygen atoms in total. The van der Waals surface area contributed by atoms with Crippen molar-refractivity contribution in [3.05, 3.63) is 50.4 Å². The fraction of sp³-hybridized carbons (Fsp3) is 0. The second kappa shape index (κ2) is 5.45. The Hall–Kier alpha value is -1.17. The Labute approximate surface area is 126 Å². The Morgan fingerprint density at radius 1 is 1.26 bits per heavy atom. The highest BCUT2D eigenvalue weighted by Gasteiger charge is 2.21. The van der Waals surface area contributed by atoms with Crippen molar-refractivity contribution >= 4 is 45.0 Å². The molecular weight excluding hydrogens is 358 g/mol. The molecule has 0 spiro atoms.